The van der Waals surface area contributed by atoms with Crippen LogP contribution in [0.1, 0.15) is 43.5 Å². The average molecular weight is 317 g/mol. The third kappa shape index (κ3) is 3.70. The first-order valence-corrected chi connectivity index (χ1v) is 8.08. The summed E-state index contributed by atoms with van der Waals surface area (Å²) in [5.74, 6) is -1.19. The largest absolute Gasteiger partial charge is 0.354 e. The Morgan fingerprint density at radius 3 is 2.65 bits per heavy atom. The van der Waals surface area contributed by atoms with Gasteiger partial charge in [-0.1, -0.05) is 32.4 Å². The first-order valence-electron chi connectivity index (χ1n) is 8.08. The summed E-state index contributed by atoms with van der Waals surface area (Å²) in [4.78, 5) is 39.1. The van der Waals surface area contributed by atoms with E-state index in [4.69, 9.17) is 0 Å². The number of nitrogens with zero attached hydrogens (tertiary/aromatic N) is 1. The van der Waals surface area contributed by atoms with E-state index in [-0.39, 0.29) is 5.91 Å². The molecule has 2 rings (SSSR count). The van der Waals surface area contributed by atoms with Gasteiger partial charge in [0.25, 0.3) is 17.7 Å². The maximum absolute atomic E-state index is 12.8. The van der Waals surface area contributed by atoms with Crippen LogP contribution in [0.4, 0.5) is 5.69 Å². The summed E-state index contributed by atoms with van der Waals surface area (Å²) in [7, 11) is 0. The van der Waals surface area contributed by atoms with Crippen LogP contribution in [0.15, 0.2) is 24.3 Å². The second-order valence-electron chi connectivity index (χ2n) is 5.58. The molecule has 0 fully saturated rings. The minimum Gasteiger partial charge on any atom is -0.354 e. The molecular formula is C17H23N3O3. The number of amides is 3. The molecule has 1 aromatic carbocycles. The number of carbonyl (C=O) groups excluding carboxylic acids is 3. The summed E-state index contributed by atoms with van der Waals surface area (Å²) in [5, 5.41) is 5.45. The fourth-order valence-corrected chi connectivity index (χ4v) is 2.61. The van der Waals surface area contributed by atoms with Gasteiger partial charge in [0.2, 0.25) is 0 Å². The molecule has 0 aromatic heterocycles. The summed E-state index contributed by atoms with van der Waals surface area (Å²) in [6, 6.07) is 5.70. The highest BCUT2D eigenvalue weighted by Gasteiger charge is 2.39. The Kier molecular flexibility index (Phi) is 5.73. The summed E-state index contributed by atoms with van der Waals surface area (Å²) in [5.41, 5.74) is 0.866. The van der Waals surface area contributed by atoms with E-state index in [1.807, 2.05) is 13.8 Å². The summed E-state index contributed by atoms with van der Waals surface area (Å²) in [6.45, 7) is 4.79. The average Bonchev–Trinajstić information content (AvgIpc) is 2.64. The van der Waals surface area contributed by atoms with Gasteiger partial charge >= 0.3 is 0 Å². The standard InChI is InChI=1S/C17H23N3O3/c1-3-5-10-18-15(21)14-16(22)19-13-9-7-6-8-12(13)17(23)20(14)11-4-2/h6-9,14H,3-5,10-11H2,1-2H3,(H,18,21)(H,19,22). The third-order valence-corrected chi connectivity index (χ3v) is 3.78. The number of unbranched alkanes of at least 4 members (excludes halogenated alkanes) is 1. The van der Waals surface area contributed by atoms with E-state index in [9.17, 15) is 14.4 Å². The van der Waals surface area contributed by atoms with Gasteiger partial charge in [-0.25, -0.2) is 0 Å². The van der Waals surface area contributed by atoms with E-state index in [1.54, 1.807) is 24.3 Å². The summed E-state index contributed by atoms with van der Waals surface area (Å²) >= 11 is 0. The molecular weight excluding hydrogens is 294 g/mol. The molecule has 1 aromatic rings. The molecule has 124 valence electrons. The molecule has 0 aliphatic carbocycles. The first-order chi connectivity index (χ1) is 11.1. The van der Waals surface area contributed by atoms with Gasteiger partial charge in [0.05, 0.1) is 11.3 Å². The zero-order chi connectivity index (χ0) is 16.8. The quantitative estimate of drug-likeness (QED) is 0.620. The zero-order valence-corrected chi connectivity index (χ0v) is 13.6. The molecule has 0 bridgehead atoms. The molecule has 23 heavy (non-hydrogen) atoms. The van der Waals surface area contributed by atoms with Gasteiger partial charge in [0.1, 0.15) is 0 Å². The smallest absolute Gasteiger partial charge is 0.257 e. The number of carbonyl (C=O) groups is 3. The Hall–Kier alpha value is -2.37. The number of hydrogen-bond donors (Lipinski definition) is 2. The monoisotopic (exact) mass is 317 g/mol. The second kappa shape index (κ2) is 7.76. The number of benzene rings is 1. The second-order valence-corrected chi connectivity index (χ2v) is 5.58. The molecule has 6 nitrogen and oxygen atoms in total. The Morgan fingerprint density at radius 2 is 1.96 bits per heavy atom. The van der Waals surface area contributed by atoms with Crippen molar-refractivity contribution in [1.82, 2.24) is 10.2 Å². The van der Waals surface area contributed by atoms with E-state index in [2.05, 4.69) is 10.6 Å². The van der Waals surface area contributed by atoms with E-state index in [1.165, 1.54) is 4.90 Å². The van der Waals surface area contributed by atoms with Crippen molar-refractivity contribution in [2.45, 2.75) is 39.2 Å². The Balaban J connectivity index is 2.31. The van der Waals surface area contributed by atoms with E-state index in [0.29, 0.717) is 30.8 Å². The van der Waals surface area contributed by atoms with Crippen LogP contribution in [-0.2, 0) is 9.59 Å². The van der Waals surface area contributed by atoms with Crippen LogP contribution in [0.25, 0.3) is 0 Å². The van der Waals surface area contributed by atoms with Crippen molar-refractivity contribution in [3.63, 3.8) is 0 Å². The molecule has 1 unspecified atom stereocenters. The highest BCUT2D eigenvalue weighted by Crippen LogP contribution is 2.23. The van der Waals surface area contributed by atoms with Crippen molar-refractivity contribution in [2.75, 3.05) is 18.4 Å². The maximum atomic E-state index is 12.8. The predicted molar refractivity (Wildman–Crippen MR) is 88.1 cm³/mol. The zero-order valence-electron chi connectivity index (χ0n) is 13.6. The number of nitrogens with one attached hydrogen (secondary N) is 2. The minimum atomic E-state index is -1.13. The van der Waals surface area contributed by atoms with Crippen LogP contribution in [0, 0.1) is 0 Å². The highest BCUT2D eigenvalue weighted by molar-refractivity contribution is 6.17. The van der Waals surface area contributed by atoms with Crippen LogP contribution in [-0.4, -0.2) is 41.8 Å². The van der Waals surface area contributed by atoms with Crippen LogP contribution in [0.5, 0.6) is 0 Å². The minimum absolute atomic E-state index is 0.295. The van der Waals surface area contributed by atoms with Gasteiger partial charge in [0.15, 0.2) is 6.04 Å². The van der Waals surface area contributed by atoms with Gasteiger partial charge in [0, 0.05) is 13.1 Å². The molecule has 0 radical (unpaired) electrons. The van der Waals surface area contributed by atoms with Gasteiger partial charge < -0.3 is 15.5 Å². The number of fused-ring (bicyclic) bond motifs is 1. The fraction of sp³-hybridized carbons (Fsp3) is 0.471. The van der Waals surface area contributed by atoms with E-state index in [0.717, 1.165) is 12.8 Å². The van der Waals surface area contributed by atoms with Crippen LogP contribution in [0.3, 0.4) is 0 Å². The Labute approximate surface area is 136 Å². The highest BCUT2D eigenvalue weighted by atomic mass is 16.2. The van der Waals surface area contributed by atoms with Gasteiger partial charge in [-0.15, -0.1) is 0 Å². The molecule has 1 aliphatic heterocycles. The van der Waals surface area contributed by atoms with Crippen LogP contribution in [0.2, 0.25) is 0 Å². The summed E-state index contributed by atoms with van der Waals surface area (Å²) < 4.78 is 0. The molecule has 2 N–H and O–H groups in total. The van der Waals surface area contributed by atoms with Gasteiger partial charge in [-0.3, -0.25) is 14.4 Å². The Bertz CT molecular complexity index is 601. The number of hydrogen-bond acceptors (Lipinski definition) is 3. The third-order valence-electron chi connectivity index (χ3n) is 3.78. The topological polar surface area (TPSA) is 78.5 Å². The van der Waals surface area contributed by atoms with Crippen molar-refractivity contribution < 1.29 is 14.4 Å². The number of anilines is 1. The SMILES string of the molecule is CCCCNC(=O)C1C(=O)Nc2ccccc2C(=O)N1CCC. The lowest BCUT2D eigenvalue weighted by molar-refractivity contribution is -0.133. The Morgan fingerprint density at radius 1 is 1.22 bits per heavy atom. The molecule has 0 saturated carbocycles. The first kappa shape index (κ1) is 17.0. The normalized spacial score (nSPS) is 17.3. The van der Waals surface area contributed by atoms with Crippen LogP contribution >= 0.6 is 0 Å². The predicted octanol–water partition coefficient (Wildman–Crippen LogP) is 1.78. The number of para-hydroxylation sites is 1. The molecule has 1 aliphatic rings. The van der Waals surface area contributed by atoms with E-state index >= 15 is 0 Å². The number of rotatable bonds is 6. The lowest BCUT2D eigenvalue weighted by atomic mass is 10.1. The van der Waals surface area contributed by atoms with Crippen molar-refractivity contribution in [3.05, 3.63) is 29.8 Å². The van der Waals surface area contributed by atoms with Crippen molar-refractivity contribution in [2.24, 2.45) is 0 Å². The summed E-state index contributed by atoms with van der Waals surface area (Å²) in [6.07, 6.45) is 2.45. The van der Waals surface area contributed by atoms with Crippen molar-refractivity contribution >= 4 is 23.4 Å². The molecule has 0 saturated heterocycles. The fourth-order valence-electron chi connectivity index (χ4n) is 2.61. The maximum Gasteiger partial charge on any atom is 0.257 e. The lowest BCUT2D eigenvalue weighted by Crippen LogP contribution is -2.54. The molecule has 1 heterocycles. The van der Waals surface area contributed by atoms with Crippen molar-refractivity contribution in [1.29, 1.82) is 0 Å². The van der Waals surface area contributed by atoms with Gasteiger partial charge in [-0.2, -0.15) is 0 Å². The van der Waals surface area contributed by atoms with Crippen molar-refractivity contribution in [3.8, 4) is 0 Å². The molecule has 1 atom stereocenters. The van der Waals surface area contributed by atoms with Crippen LogP contribution < -0.4 is 10.6 Å². The molecule has 6 heteroatoms. The molecule has 3 amide bonds. The lowest BCUT2D eigenvalue weighted by Gasteiger charge is -2.27. The van der Waals surface area contributed by atoms with E-state index < -0.39 is 17.9 Å². The van der Waals surface area contributed by atoms with Gasteiger partial charge in [-0.05, 0) is 25.0 Å². The molecule has 0 spiro atoms.